The largest absolute Gasteiger partial charge is 0.480 e. The number of aliphatic carboxylic acids is 1. The SMILES string of the molecule is CN(C)C(=O)N1CCC(C(=O)NC(C(=O)O)C2CCCOC2)CC1. The van der Waals surface area contributed by atoms with Crippen LogP contribution in [0.15, 0.2) is 0 Å². The zero-order valence-electron chi connectivity index (χ0n) is 14.4. The van der Waals surface area contributed by atoms with Crippen LogP contribution in [0.2, 0.25) is 0 Å². The first-order valence-corrected chi connectivity index (χ1v) is 8.47. The van der Waals surface area contributed by atoms with Gasteiger partial charge in [0.15, 0.2) is 0 Å². The zero-order valence-corrected chi connectivity index (χ0v) is 14.4. The highest BCUT2D eigenvalue weighted by Crippen LogP contribution is 2.21. The number of carbonyl (C=O) groups is 3. The molecular formula is C16H27N3O5. The van der Waals surface area contributed by atoms with Crippen LogP contribution in [0.5, 0.6) is 0 Å². The summed E-state index contributed by atoms with van der Waals surface area (Å²) >= 11 is 0. The number of rotatable bonds is 4. The highest BCUT2D eigenvalue weighted by Gasteiger charge is 2.34. The summed E-state index contributed by atoms with van der Waals surface area (Å²) in [6.45, 7) is 2.04. The molecule has 0 aliphatic carbocycles. The van der Waals surface area contributed by atoms with Crippen molar-refractivity contribution in [2.24, 2.45) is 11.8 Å². The van der Waals surface area contributed by atoms with Gasteiger partial charge in [0.1, 0.15) is 6.04 Å². The summed E-state index contributed by atoms with van der Waals surface area (Å²) in [6.07, 6.45) is 2.67. The smallest absolute Gasteiger partial charge is 0.326 e. The maximum Gasteiger partial charge on any atom is 0.326 e. The molecule has 0 bridgehead atoms. The molecule has 24 heavy (non-hydrogen) atoms. The fourth-order valence-electron chi connectivity index (χ4n) is 3.30. The molecule has 2 fully saturated rings. The number of hydrogen-bond acceptors (Lipinski definition) is 4. The predicted octanol–water partition coefficient (Wildman–Crippen LogP) is 0.376. The van der Waals surface area contributed by atoms with E-state index in [4.69, 9.17) is 4.74 Å². The molecule has 0 radical (unpaired) electrons. The van der Waals surface area contributed by atoms with Gasteiger partial charge in [0.05, 0.1) is 6.61 Å². The molecule has 0 aromatic carbocycles. The molecular weight excluding hydrogens is 314 g/mol. The fourth-order valence-corrected chi connectivity index (χ4v) is 3.30. The molecule has 8 heteroatoms. The molecule has 136 valence electrons. The lowest BCUT2D eigenvalue weighted by molar-refractivity contribution is -0.146. The molecule has 2 N–H and O–H groups in total. The molecule has 2 atom stereocenters. The number of urea groups is 1. The van der Waals surface area contributed by atoms with Crippen molar-refractivity contribution in [2.75, 3.05) is 40.4 Å². The van der Waals surface area contributed by atoms with Gasteiger partial charge in [-0.2, -0.15) is 0 Å². The van der Waals surface area contributed by atoms with Crippen LogP contribution >= 0.6 is 0 Å². The molecule has 0 aromatic heterocycles. The molecule has 2 rings (SSSR count). The van der Waals surface area contributed by atoms with Crippen molar-refractivity contribution in [1.29, 1.82) is 0 Å². The van der Waals surface area contributed by atoms with Crippen LogP contribution in [-0.4, -0.2) is 79.3 Å². The lowest BCUT2D eigenvalue weighted by Crippen LogP contribution is -2.52. The molecule has 2 aliphatic rings. The third kappa shape index (κ3) is 4.59. The van der Waals surface area contributed by atoms with Gasteiger partial charge in [-0.25, -0.2) is 9.59 Å². The summed E-state index contributed by atoms with van der Waals surface area (Å²) in [6, 6.07) is -0.962. The Morgan fingerprint density at radius 2 is 1.88 bits per heavy atom. The molecule has 2 unspecified atom stereocenters. The van der Waals surface area contributed by atoms with Gasteiger partial charge in [-0.05, 0) is 25.7 Å². The Morgan fingerprint density at radius 3 is 2.38 bits per heavy atom. The molecule has 0 saturated carbocycles. The fraction of sp³-hybridized carbons (Fsp3) is 0.812. The van der Waals surface area contributed by atoms with Crippen LogP contribution in [0.25, 0.3) is 0 Å². The maximum absolute atomic E-state index is 12.4. The van der Waals surface area contributed by atoms with Gasteiger partial charge in [0, 0.05) is 45.6 Å². The Balaban J connectivity index is 1.87. The van der Waals surface area contributed by atoms with Crippen molar-refractivity contribution < 1.29 is 24.2 Å². The number of likely N-dealkylation sites (tertiary alicyclic amines) is 1. The van der Waals surface area contributed by atoms with Gasteiger partial charge in [0.25, 0.3) is 0 Å². The maximum atomic E-state index is 12.4. The van der Waals surface area contributed by atoms with E-state index in [1.807, 2.05) is 0 Å². The third-order valence-corrected chi connectivity index (χ3v) is 4.75. The topological polar surface area (TPSA) is 99.2 Å². The second kappa shape index (κ2) is 8.32. The second-order valence-electron chi connectivity index (χ2n) is 6.74. The van der Waals surface area contributed by atoms with E-state index in [1.54, 1.807) is 19.0 Å². The van der Waals surface area contributed by atoms with Crippen LogP contribution in [0.3, 0.4) is 0 Å². The van der Waals surface area contributed by atoms with Crippen molar-refractivity contribution in [3.8, 4) is 0 Å². The first-order chi connectivity index (χ1) is 11.4. The number of carbonyl (C=O) groups excluding carboxylic acids is 2. The number of carboxylic acid groups (broad SMARTS) is 1. The number of carboxylic acids is 1. The number of piperidine rings is 1. The van der Waals surface area contributed by atoms with E-state index in [0.717, 1.165) is 12.8 Å². The van der Waals surface area contributed by atoms with Crippen molar-refractivity contribution in [1.82, 2.24) is 15.1 Å². The van der Waals surface area contributed by atoms with Crippen LogP contribution in [0.4, 0.5) is 4.79 Å². The Morgan fingerprint density at radius 1 is 1.21 bits per heavy atom. The average Bonchev–Trinajstić information content (AvgIpc) is 2.59. The third-order valence-electron chi connectivity index (χ3n) is 4.75. The minimum absolute atomic E-state index is 0.0587. The van der Waals surface area contributed by atoms with E-state index in [9.17, 15) is 19.5 Å². The summed E-state index contributed by atoms with van der Waals surface area (Å²) in [4.78, 5) is 39.1. The highest BCUT2D eigenvalue weighted by molar-refractivity contribution is 5.85. The molecule has 0 spiro atoms. The van der Waals surface area contributed by atoms with Crippen LogP contribution in [0, 0.1) is 11.8 Å². The first-order valence-electron chi connectivity index (χ1n) is 8.47. The van der Waals surface area contributed by atoms with Gasteiger partial charge in [-0.3, -0.25) is 4.79 Å². The summed E-state index contributed by atoms with van der Waals surface area (Å²) in [5, 5.41) is 12.1. The van der Waals surface area contributed by atoms with Crippen molar-refractivity contribution in [3.05, 3.63) is 0 Å². The number of amides is 3. The van der Waals surface area contributed by atoms with Crippen LogP contribution in [0.1, 0.15) is 25.7 Å². The monoisotopic (exact) mass is 341 g/mol. The van der Waals surface area contributed by atoms with Crippen molar-refractivity contribution >= 4 is 17.9 Å². The van der Waals surface area contributed by atoms with Gasteiger partial charge in [-0.15, -0.1) is 0 Å². The second-order valence-corrected chi connectivity index (χ2v) is 6.74. The Hall–Kier alpha value is -1.83. The number of nitrogens with one attached hydrogen (secondary N) is 1. The van der Waals surface area contributed by atoms with Crippen LogP contribution < -0.4 is 5.32 Å². The minimum Gasteiger partial charge on any atom is -0.480 e. The number of ether oxygens (including phenoxy) is 1. The van der Waals surface area contributed by atoms with E-state index in [2.05, 4.69) is 5.32 Å². The Bertz CT molecular complexity index is 468. The van der Waals surface area contributed by atoms with Crippen molar-refractivity contribution in [2.45, 2.75) is 31.7 Å². The quantitative estimate of drug-likeness (QED) is 0.770. The molecule has 3 amide bonds. The van der Waals surface area contributed by atoms with Gasteiger partial charge in [-0.1, -0.05) is 0 Å². The first kappa shape index (κ1) is 18.5. The normalized spacial score (nSPS) is 23.4. The Labute approximate surface area is 142 Å². The molecule has 0 aromatic rings. The van der Waals surface area contributed by atoms with E-state index in [0.29, 0.717) is 39.1 Å². The van der Waals surface area contributed by atoms with Gasteiger partial charge in [0.2, 0.25) is 5.91 Å². The van der Waals surface area contributed by atoms with E-state index < -0.39 is 12.0 Å². The predicted molar refractivity (Wildman–Crippen MR) is 86.5 cm³/mol. The van der Waals surface area contributed by atoms with E-state index >= 15 is 0 Å². The number of hydrogen-bond donors (Lipinski definition) is 2. The van der Waals surface area contributed by atoms with Crippen LogP contribution in [-0.2, 0) is 14.3 Å². The minimum atomic E-state index is -1.01. The molecule has 2 saturated heterocycles. The summed E-state index contributed by atoms with van der Waals surface area (Å²) in [7, 11) is 3.40. The van der Waals surface area contributed by atoms with Crippen molar-refractivity contribution in [3.63, 3.8) is 0 Å². The number of nitrogens with zero attached hydrogens (tertiary/aromatic N) is 2. The summed E-state index contributed by atoms with van der Waals surface area (Å²) < 4.78 is 5.34. The van der Waals surface area contributed by atoms with Gasteiger partial charge >= 0.3 is 12.0 Å². The highest BCUT2D eigenvalue weighted by atomic mass is 16.5. The standard InChI is InChI=1S/C16H27N3O5/c1-18(2)16(23)19-7-5-11(6-8-19)14(20)17-13(15(21)22)12-4-3-9-24-10-12/h11-13H,3-10H2,1-2H3,(H,17,20)(H,21,22). The molecule has 2 heterocycles. The lowest BCUT2D eigenvalue weighted by Gasteiger charge is -2.34. The lowest BCUT2D eigenvalue weighted by atomic mass is 9.91. The Kier molecular flexibility index (Phi) is 6.42. The van der Waals surface area contributed by atoms with Gasteiger partial charge < -0.3 is 25.0 Å². The summed E-state index contributed by atoms with van der Waals surface area (Å²) in [5.41, 5.74) is 0. The zero-order chi connectivity index (χ0) is 17.7. The van der Waals surface area contributed by atoms with E-state index in [1.165, 1.54) is 4.90 Å². The summed E-state index contributed by atoms with van der Waals surface area (Å²) in [5.74, 6) is -1.68. The molecule has 2 aliphatic heterocycles. The molecule has 8 nitrogen and oxygen atoms in total. The average molecular weight is 341 g/mol. The van der Waals surface area contributed by atoms with E-state index in [-0.39, 0.29) is 23.8 Å².